The Kier molecular flexibility index (Phi) is 6.31. The number of likely N-dealkylation sites (tertiary alicyclic amines) is 1. The van der Waals surface area contributed by atoms with E-state index in [1.165, 1.54) is 25.7 Å². The number of methoxy groups -OCH3 is 1. The van der Waals surface area contributed by atoms with Crippen molar-refractivity contribution >= 4 is 5.91 Å². The minimum absolute atomic E-state index is 0.0715. The second kappa shape index (κ2) is 8.45. The summed E-state index contributed by atoms with van der Waals surface area (Å²) in [6.45, 7) is 3.22. The number of hydrogen-bond donors (Lipinski definition) is 1. The molecule has 2 aliphatic heterocycles. The van der Waals surface area contributed by atoms with Gasteiger partial charge < -0.3 is 19.7 Å². The first-order valence-electron chi connectivity index (χ1n) is 9.43. The zero-order valence-electron chi connectivity index (χ0n) is 14.5. The Morgan fingerprint density at radius 2 is 1.91 bits per heavy atom. The van der Waals surface area contributed by atoms with E-state index < -0.39 is 0 Å². The van der Waals surface area contributed by atoms with Crippen LogP contribution in [-0.2, 0) is 14.3 Å². The van der Waals surface area contributed by atoms with E-state index >= 15 is 0 Å². The van der Waals surface area contributed by atoms with Crippen molar-refractivity contribution in [3.63, 3.8) is 0 Å². The SMILES string of the molecule is COCCCOC1CCN(C(=O)C2CC3CCCCC3N2)CC1. The van der Waals surface area contributed by atoms with E-state index in [0.29, 0.717) is 18.1 Å². The Morgan fingerprint density at radius 3 is 2.65 bits per heavy atom. The molecule has 23 heavy (non-hydrogen) atoms. The van der Waals surface area contributed by atoms with Crippen LogP contribution in [0.1, 0.15) is 51.4 Å². The molecule has 3 rings (SSSR count). The smallest absolute Gasteiger partial charge is 0.239 e. The lowest BCUT2D eigenvalue weighted by molar-refractivity contribution is -0.135. The summed E-state index contributed by atoms with van der Waals surface area (Å²) in [6.07, 6.45) is 9.48. The van der Waals surface area contributed by atoms with E-state index in [0.717, 1.165) is 57.9 Å². The van der Waals surface area contributed by atoms with Crippen molar-refractivity contribution in [1.29, 1.82) is 0 Å². The van der Waals surface area contributed by atoms with Crippen molar-refractivity contribution < 1.29 is 14.3 Å². The minimum atomic E-state index is 0.0715. The number of carbonyl (C=O) groups is 1. The number of carbonyl (C=O) groups excluding carboxylic acids is 1. The maximum absolute atomic E-state index is 12.8. The fourth-order valence-electron chi connectivity index (χ4n) is 4.43. The average molecular weight is 324 g/mol. The molecule has 0 radical (unpaired) electrons. The van der Waals surface area contributed by atoms with Crippen molar-refractivity contribution in [1.82, 2.24) is 10.2 Å². The van der Waals surface area contributed by atoms with Gasteiger partial charge in [0.25, 0.3) is 0 Å². The standard InChI is InChI=1S/C18H32N2O3/c1-22-11-4-12-23-15-7-9-20(10-8-15)18(21)17-13-14-5-2-3-6-16(14)19-17/h14-17,19H,2-13H2,1H3. The largest absolute Gasteiger partial charge is 0.385 e. The molecule has 1 aliphatic carbocycles. The highest BCUT2D eigenvalue weighted by atomic mass is 16.5. The Hall–Kier alpha value is -0.650. The fraction of sp³-hybridized carbons (Fsp3) is 0.944. The summed E-state index contributed by atoms with van der Waals surface area (Å²) >= 11 is 0. The Morgan fingerprint density at radius 1 is 1.13 bits per heavy atom. The molecule has 0 aromatic heterocycles. The van der Waals surface area contributed by atoms with Crippen LogP contribution in [0.15, 0.2) is 0 Å². The third-order valence-electron chi connectivity index (χ3n) is 5.76. The Balaban J connectivity index is 1.38. The van der Waals surface area contributed by atoms with E-state index in [9.17, 15) is 4.79 Å². The lowest BCUT2D eigenvalue weighted by Crippen LogP contribution is -2.49. The zero-order chi connectivity index (χ0) is 16.1. The lowest BCUT2D eigenvalue weighted by Gasteiger charge is -2.33. The van der Waals surface area contributed by atoms with Gasteiger partial charge in [0.05, 0.1) is 12.1 Å². The molecule has 0 bridgehead atoms. The highest BCUT2D eigenvalue weighted by Crippen LogP contribution is 2.34. The van der Waals surface area contributed by atoms with Gasteiger partial charge in [-0.15, -0.1) is 0 Å². The summed E-state index contributed by atoms with van der Waals surface area (Å²) in [5.74, 6) is 1.07. The molecule has 0 aromatic rings. The molecule has 3 unspecified atom stereocenters. The molecular formula is C18H32N2O3. The van der Waals surface area contributed by atoms with Gasteiger partial charge in [0.1, 0.15) is 0 Å². The third kappa shape index (κ3) is 4.46. The topological polar surface area (TPSA) is 50.8 Å². The number of nitrogens with one attached hydrogen (secondary N) is 1. The monoisotopic (exact) mass is 324 g/mol. The molecule has 1 saturated carbocycles. The van der Waals surface area contributed by atoms with E-state index in [4.69, 9.17) is 9.47 Å². The first kappa shape index (κ1) is 17.2. The molecule has 5 nitrogen and oxygen atoms in total. The van der Waals surface area contributed by atoms with Gasteiger partial charge in [-0.3, -0.25) is 4.79 Å². The van der Waals surface area contributed by atoms with Gasteiger partial charge in [0.15, 0.2) is 0 Å². The van der Waals surface area contributed by atoms with Gasteiger partial charge in [0.2, 0.25) is 5.91 Å². The summed E-state index contributed by atoms with van der Waals surface area (Å²) in [5.41, 5.74) is 0. The van der Waals surface area contributed by atoms with Crippen LogP contribution >= 0.6 is 0 Å². The average Bonchev–Trinajstić information content (AvgIpc) is 3.03. The summed E-state index contributed by atoms with van der Waals surface area (Å²) in [6, 6.07) is 0.668. The number of ether oxygens (including phenoxy) is 2. The number of rotatable bonds is 6. The molecule has 2 saturated heterocycles. The van der Waals surface area contributed by atoms with Crippen LogP contribution in [0.2, 0.25) is 0 Å². The number of amides is 1. The predicted molar refractivity (Wildman–Crippen MR) is 89.3 cm³/mol. The lowest BCUT2D eigenvalue weighted by atomic mass is 9.85. The quantitative estimate of drug-likeness (QED) is 0.759. The third-order valence-corrected chi connectivity index (χ3v) is 5.76. The maximum Gasteiger partial charge on any atom is 0.239 e. The maximum atomic E-state index is 12.8. The summed E-state index contributed by atoms with van der Waals surface area (Å²) in [7, 11) is 1.72. The van der Waals surface area contributed by atoms with Crippen LogP contribution < -0.4 is 5.32 Å². The van der Waals surface area contributed by atoms with E-state index in [2.05, 4.69) is 10.2 Å². The molecular weight excluding hydrogens is 292 g/mol. The van der Waals surface area contributed by atoms with Crippen molar-refractivity contribution in [2.24, 2.45) is 5.92 Å². The van der Waals surface area contributed by atoms with E-state index in [1.807, 2.05) is 0 Å². The first-order chi connectivity index (χ1) is 11.3. The Labute approximate surface area is 140 Å². The van der Waals surface area contributed by atoms with Gasteiger partial charge in [-0.25, -0.2) is 0 Å². The van der Waals surface area contributed by atoms with Crippen LogP contribution in [0.5, 0.6) is 0 Å². The summed E-state index contributed by atoms with van der Waals surface area (Å²) < 4.78 is 10.9. The van der Waals surface area contributed by atoms with Crippen molar-refractivity contribution in [3.05, 3.63) is 0 Å². The fourth-order valence-corrected chi connectivity index (χ4v) is 4.43. The van der Waals surface area contributed by atoms with Crippen LogP contribution in [0.4, 0.5) is 0 Å². The second-order valence-corrected chi connectivity index (χ2v) is 7.35. The van der Waals surface area contributed by atoms with Crippen LogP contribution in [-0.4, -0.2) is 62.4 Å². The van der Waals surface area contributed by atoms with Gasteiger partial charge in [-0.05, 0) is 44.4 Å². The van der Waals surface area contributed by atoms with Gasteiger partial charge in [0, 0.05) is 39.5 Å². The van der Waals surface area contributed by atoms with Crippen LogP contribution in [0.3, 0.4) is 0 Å². The molecule has 3 atom stereocenters. The number of piperidine rings is 1. The molecule has 5 heteroatoms. The van der Waals surface area contributed by atoms with Crippen molar-refractivity contribution in [3.8, 4) is 0 Å². The van der Waals surface area contributed by atoms with Gasteiger partial charge in [-0.1, -0.05) is 12.8 Å². The zero-order valence-corrected chi connectivity index (χ0v) is 14.5. The van der Waals surface area contributed by atoms with Crippen molar-refractivity contribution in [2.45, 2.75) is 69.6 Å². The minimum Gasteiger partial charge on any atom is -0.385 e. The molecule has 3 fully saturated rings. The molecule has 1 N–H and O–H groups in total. The van der Waals surface area contributed by atoms with Crippen LogP contribution in [0, 0.1) is 5.92 Å². The van der Waals surface area contributed by atoms with Gasteiger partial charge in [-0.2, -0.15) is 0 Å². The predicted octanol–water partition coefficient (Wildman–Crippen LogP) is 1.95. The molecule has 0 spiro atoms. The Bertz CT molecular complexity index is 368. The number of fused-ring (bicyclic) bond motifs is 1. The van der Waals surface area contributed by atoms with Gasteiger partial charge >= 0.3 is 0 Å². The summed E-state index contributed by atoms with van der Waals surface area (Å²) in [5, 5.41) is 3.61. The summed E-state index contributed by atoms with van der Waals surface area (Å²) in [4.78, 5) is 14.8. The molecule has 1 amide bonds. The molecule has 3 aliphatic rings. The normalized spacial score (nSPS) is 32.0. The first-order valence-corrected chi connectivity index (χ1v) is 9.43. The highest BCUT2D eigenvalue weighted by molar-refractivity contribution is 5.82. The van der Waals surface area contributed by atoms with Crippen molar-refractivity contribution in [2.75, 3.05) is 33.4 Å². The molecule has 132 valence electrons. The molecule has 0 aromatic carbocycles. The second-order valence-electron chi connectivity index (χ2n) is 7.35. The van der Waals surface area contributed by atoms with E-state index in [-0.39, 0.29) is 6.04 Å². The number of nitrogens with zero attached hydrogens (tertiary/aromatic N) is 1. The van der Waals surface area contributed by atoms with Crippen LogP contribution in [0.25, 0.3) is 0 Å². The van der Waals surface area contributed by atoms with E-state index in [1.54, 1.807) is 7.11 Å². The highest BCUT2D eigenvalue weighted by Gasteiger charge is 2.40. The molecule has 2 heterocycles. The number of hydrogen-bond acceptors (Lipinski definition) is 4.